The highest BCUT2D eigenvalue weighted by atomic mass is 15.1. The molecule has 1 heteroatoms. The van der Waals surface area contributed by atoms with Crippen LogP contribution in [0.4, 0.5) is 0 Å². The topological polar surface area (TPSA) is 3.88 Å². The molecule has 25 heavy (non-hydrogen) atoms. The molecule has 1 aromatic heterocycles. The summed E-state index contributed by atoms with van der Waals surface area (Å²) in [6, 6.07) is 16.0. The highest BCUT2D eigenvalue weighted by molar-refractivity contribution is 5.80. The standard InChI is InChI=1S/C24H28N/c1-6-24(7-2)15-21-17(4)12-16(3)13-20(21)23-18(5)14-19-10-8-9-11-22(19)25(23)24/h8-14H,6-7,15H2,1-5H3/q+1. The van der Waals surface area contributed by atoms with E-state index in [1.165, 1.54) is 38.9 Å². The Labute approximate surface area is 151 Å². The molecule has 1 aliphatic heterocycles. The molecule has 4 rings (SSSR count). The number of para-hydroxylation sites is 1. The molecular weight excluding hydrogens is 302 g/mol. The first-order valence-corrected chi connectivity index (χ1v) is 9.56. The Bertz CT molecular complexity index is 977. The molecule has 0 amide bonds. The number of hydrogen-bond donors (Lipinski definition) is 0. The fraction of sp³-hybridized carbons (Fsp3) is 0.375. The zero-order chi connectivity index (χ0) is 17.8. The predicted molar refractivity (Wildman–Crippen MR) is 106 cm³/mol. The van der Waals surface area contributed by atoms with Gasteiger partial charge in [-0.25, -0.2) is 0 Å². The predicted octanol–water partition coefficient (Wildman–Crippen LogP) is 5.79. The summed E-state index contributed by atoms with van der Waals surface area (Å²) in [5.74, 6) is 0. The molecule has 128 valence electrons. The van der Waals surface area contributed by atoms with E-state index in [9.17, 15) is 0 Å². The number of fused-ring (bicyclic) bond motifs is 5. The number of aryl methyl sites for hydroxylation is 3. The van der Waals surface area contributed by atoms with Gasteiger partial charge in [-0.1, -0.05) is 37.6 Å². The minimum atomic E-state index is 0.161. The molecular formula is C24H28N+. The maximum atomic E-state index is 2.68. The van der Waals surface area contributed by atoms with Crippen molar-refractivity contribution in [3.8, 4) is 11.3 Å². The first-order chi connectivity index (χ1) is 12.0. The number of rotatable bonds is 2. The second-order valence-corrected chi connectivity index (χ2v) is 7.79. The van der Waals surface area contributed by atoms with E-state index in [0.29, 0.717) is 0 Å². The van der Waals surface area contributed by atoms with Crippen molar-refractivity contribution < 1.29 is 4.57 Å². The summed E-state index contributed by atoms with van der Waals surface area (Å²) in [5, 5.41) is 1.35. The van der Waals surface area contributed by atoms with Crippen LogP contribution in [0.1, 0.15) is 48.9 Å². The SMILES string of the molecule is CCC1(CC)Cc2c(C)cc(C)cc2-c2c(C)cc3ccccc3[n+]21. The summed E-state index contributed by atoms with van der Waals surface area (Å²) < 4.78 is 2.68. The van der Waals surface area contributed by atoms with Gasteiger partial charge < -0.3 is 0 Å². The Kier molecular flexibility index (Phi) is 3.72. The van der Waals surface area contributed by atoms with E-state index >= 15 is 0 Å². The van der Waals surface area contributed by atoms with Crippen molar-refractivity contribution in [3.05, 3.63) is 64.7 Å². The van der Waals surface area contributed by atoms with Gasteiger partial charge in [0.15, 0.2) is 5.54 Å². The lowest BCUT2D eigenvalue weighted by atomic mass is 9.76. The first kappa shape index (κ1) is 16.3. The maximum absolute atomic E-state index is 2.68. The van der Waals surface area contributed by atoms with E-state index in [1.807, 2.05) is 0 Å². The van der Waals surface area contributed by atoms with Crippen LogP contribution in [-0.4, -0.2) is 0 Å². The normalized spacial score (nSPS) is 15.1. The summed E-state index contributed by atoms with van der Waals surface area (Å²) in [4.78, 5) is 0. The smallest absolute Gasteiger partial charge is 0.185 e. The van der Waals surface area contributed by atoms with Crippen LogP contribution in [-0.2, 0) is 12.0 Å². The van der Waals surface area contributed by atoms with Crippen molar-refractivity contribution in [2.45, 2.75) is 59.4 Å². The van der Waals surface area contributed by atoms with Crippen molar-refractivity contribution in [2.24, 2.45) is 0 Å². The van der Waals surface area contributed by atoms with E-state index < -0.39 is 0 Å². The van der Waals surface area contributed by atoms with Crippen LogP contribution >= 0.6 is 0 Å². The Morgan fingerprint density at radius 2 is 1.64 bits per heavy atom. The molecule has 0 spiro atoms. The average molecular weight is 330 g/mol. The Balaban J connectivity index is 2.22. The van der Waals surface area contributed by atoms with Crippen LogP contribution < -0.4 is 4.57 Å². The number of pyridine rings is 1. The third kappa shape index (κ3) is 2.25. The molecule has 2 heterocycles. The van der Waals surface area contributed by atoms with Crippen LogP contribution in [0, 0.1) is 20.8 Å². The minimum Gasteiger partial charge on any atom is -0.185 e. The Hall–Kier alpha value is -2.15. The van der Waals surface area contributed by atoms with Gasteiger partial charge in [-0.3, -0.25) is 0 Å². The molecule has 0 aliphatic carbocycles. The van der Waals surface area contributed by atoms with Gasteiger partial charge in [0.25, 0.3) is 0 Å². The third-order valence-corrected chi connectivity index (χ3v) is 6.32. The maximum Gasteiger partial charge on any atom is 0.216 e. The van der Waals surface area contributed by atoms with Crippen LogP contribution in [0.3, 0.4) is 0 Å². The summed E-state index contributed by atoms with van der Waals surface area (Å²) in [6.07, 6.45) is 3.44. The number of benzene rings is 2. The van der Waals surface area contributed by atoms with Gasteiger partial charge in [0.2, 0.25) is 11.2 Å². The van der Waals surface area contributed by atoms with Crippen molar-refractivity contribution in [2.75, 3.05) is 0 Å². The molecule has 1 aliphatic rings. The van der Waals surface area contributed by atoms with Crippen molar-refractivity contribution in [1.82, 2.24) is 0 Å². The van der Waals surface area contributed by atoms with E-state index in [1.54, 1.807) is 5.56 Å². The third-order valence-electron chi connectivity index (χ3n) is 6.32. The van der Waals surface area contributed by atoms with Crippen molar-refractivity contribution in [1.29, 1.82) is 0 Å². The quantitative estimate of drug-likeness (QED) is 0.524. The second-order valence-electron chi connectivity index (χ2n) is 7.79. The zero-order valence-corrected chi connectivity index (χ0v) is 16.1. The van der Waals surface area contributed by atoms with Crippen LogP contribution in [0.5, 0.6) is 0 Å². The molecule has 0 saturated heterocycles. The Morgan fingerprint density at radius 1 is 0.920 bits per heavy atom. The Morgan fingerprint density at radius 3 is 2.36 bits per heavy atom. The van der Waals surface area contributed by atoms with Crippen molar-refractivity contribution >= 4 is 10.9 Å². The van der Waals surface area contributed by atoms with Gasteiger partial charge in [-0.05, 0) is 50.1 Å². The van der Waals surface area contributed by atoms with E-state index in [2.05, 4.69) is 81.7 Å². The van der Waals surface area contributed by atoms with E-state index in [-0.39, 0.29) is 5.54 Å². The van der Waals surface area contributed by atoms with Gasteiger partial charge >= 0.3 is 0 Å². The lowest BCUT2D eigenvalue weighted by Gasteiger charge is -2.35. The first-order valence-electron chi connectivity index (χ1n) is 9.56. The molecule has 0 radical (unpaired) electrons. The lowest BCUT2D eigenvalue weighted by Crippen LogP contribution is -2.61. The number of hydrogen-bond acceptors (Lipinski definition) is 0. The molecule has 3 aromatic rings. The zero-order valence-electron chi connectivity index (χ0n) is 16.1. The molecule has 0 saturated carbocycles. The van der Waals surface area contributed by atoms with Gasteiger partial charge in [-0.15, -0.1) is 0 Å². The molecule has 0 bridgehead atoms. The molecule has 0 atom stereocenters. The molecule has 2 aromatic carbocycles. The summed E-state index contributed by atoms with van der Waals surface area (Å²) >= 11 is 0. The van der Waals surface area contributed by atoms with Crippen LogP contribution in [0.2, 0.25) is 0 Å². The van der Waals surface area contributed by atoms with Crippen LogP contribution in [0.25, 0.3) is 22.2 Å². The largest absolute Gasteiger partial charge is 0.216 e. The average Bonchev–Trinajstić information content (AvgIpc) is 2.61. The van der Waals surface area contributed by atoms with Gasteiger partial charge in [0, 0.05) is 36.3 Å². The number of nitrogens with zero attached hydrogens (tertiary/aromatic N) is 1. The molecule has 0 unspecified atom stereocenters. The highest BCUT2D eigenvalue weighted by Gasteiger charge is 2.46. The van der Waals surface area contributed by atoms with E-state index in [0.717, 1.165) is 19.3 Å². The molecule has 0 fully saturated rings. The summed E-state index contributed by atoms with van der Waals surface area (Å²) in [7, 11) is 0. The fourth-order valence-corrected chi connectivity index (χ4v) is 4.90. The van der Waals surface area contributed by atoms with Gasteiger partial charge in [0.1, 0.15) is 0 Å². The molecule has 0 N–H and O–H groups in total. The van der Waals surface area contributed by atoms with Crippen molar-refractivity contribution in [3.63, 3.8) is 0 Å². The lowest BCUT2D eigenvalue weighted by molar-refractivity contribution is -0.736. The summed E-state index contributed by atoms with van der Waals surface area (Å²) in [5.41, 5.74) is 10.1. The van der Waals surface area contributed by atoms with Gasteiger partial charge in [0.05, 0.1) is 5.56 Å². The monoisotopic (exact) mass is 330 g/mol. The number of aromatic nitrogens is 1. The van der Waals surface area contributed by atoms with Crippen LogP contribution in [0.15, 0.2) is 42.5 Å². The van der Waals surface area contributed by atoms with E-state index in [4.69, 9.17) is 0 Å². The van der Waals surface area contributed by atoms with Gasteiger partial charge in [-0.2, -0.15) is 4.57 Å². The fourth-order valence-electron chi connectivity index (χ4n) is 4.90. The second kappa shape index (κ2) is 5.69. The minimum absolute atomic E-state index is 0.161. The molecule has 1 nitrogen and oxygen atoms in total. The highest BCUT2D eigenvalue weighted by Crippen LogP contribution is 2.40. The summed E-state index contributed by atoms with van der Waals surface area (Å²) in [6.45, 7) is 11.5.